The Labute approximate surface area is 124 Å². The maximum atomic E-state index is 11.8. The van der Waals surface area contributed by atoms with Gasteiger partial charge in [-0.1, -0.05) is 12.1 Å². The predicted octanol–water partition coefficient (Wildman–Crippen LogP) is 2.05. The van der Waals surface area contributed by atoms with Crippen molar-refractivity contribution >= 4 is 11.9 Å². The molecule has 1 aliphatic rings. The number of ether oxygens (including phenoxy) is 1. The fourth-order valence-corrected chi connectivity index (χ4v) is 2.17. The molecular formula is C16H21NO4. The Morgan fingerprint density at radius 2 is 2.10 bits per heavy atom. The minimum absolute atomic E-state index is 0.0892. The molecule has 114 valence electrons. The number of benzene rings is 1. The number of rotatable bonds is 7. The summed E-state index contributed by atoms with van der Waals surface area (Å²) in [5.74, 6) is -0.382. The Bertz CT molecular complexity index is 537. The summed E-state index contributed by atoms with van der Waals surface area (Å²) in [5, 5.41) is 11.6. The van der Waals surface area contributed by atoms with E-state index in [0.29, 0.717) is 0 Å². The summed E-state index contributed by atoms with van der Waals surface area (Å²) in [6.07, 6.45) is 1.90. The average Bonchev–Trinajstić information content (AvgIpc) is 3.24. The molecule has 1 amide bonds. The Kier molecular flexibility index (Phi) is 4.83. The van der Waals surface area contributed by atoms with Crippen LogP contribution in [0, 0.1) is 19.8 Å². The van der Waals surface area contributed by atoms with Crippen LogP contribution in [0.2, 0.25) is 0 Å². The quantitative estimate of drug-likeness (QED) is 0.806. The molecule has 1 aliphatic carbocycles. The zero-order chi connectivity index (χ0) is 15.4. The predicted molar refractivity (Wildman–Crippen MR) is 78.3 cm³/mol. The molecule has 21 heavy (non-hydrogen) atoms. The van der Waals surface area contributed by atoms with Crippen LogP contribution < -0.4 is 10.1 Å². The first-order chi connectivity index (χ1) is 9.97. The Hall–Kier alpha value is -2.04. The summed E-state index contributed by atoms with van der Waals surface area (Å²) in [7, 11) is 0. The van der Waals surface area contributed by atoms with Crippen molar-refractivity contribution in [2.24, 2.45) is 5.92 Å². The average molecular weight is 291 g/mol. The third kappa shape index (κ3) is 4.48. The number of hydrogen-bond donors (Lipinski definition) is 2. The standard InChI is InChI=1S/C16H21NO4/c1-10-3-4-11(2)13(9-10)21-8-7-14(18)17-15(16(19)20)12-5-6-12/h3-4,9,12,15H,5-8H2,1-2H3,(H,17,18)(H,19,20). The summed E-state index contributed by atoms with van der Waals surface area (Å²) in [6, 6.07) is 5.15. The zero-order valence-corrected chi connectivity index (χ0v) is 12.4. The maximum Gasteiger partial charge on any atom is 0.326 e. The summed E-state index contributed by atoms with van der Waals surface area (Å²) >= 11 is 0. The Balaban J connectivity index is 1.78. The highest BCUT2D eigenvalue weighted by atomic mass is 16.5. The number of carbonyl (C=O) groups is 2. The Morgan fingerprint density at radius 1 is 1.38 bits per heavy atom. The number of aliphatic carboxylic acids is 1. The van der Waals surface area contributed by atoms with E-state index in [4.69, 9.17) is 9.84 Å². The molecule has 0 aromatic heterocycles. The van der Waals surface area contributed by atoms with E-state index in [1.807, 2.05) is 32.0 Å². The van der Waals surface area contributed by atoms with E-state index in [9.17, 15) is 9.59 Å². The molecule has 1 atom stereocenters. The number of amides is 1. The van der Waals surface area contributed by atoms with Gasteiger partial charge >= 0.3 is 5.97 Å². The second kappa shape index (κ2) is 6.61. The molecule has 1 aromatic carbocycles. The molecule has 0 heterocycles. The van der Waals surface area contributed by atoms with Gasteiger partial charge in [-0.25, -0.2) is 4.79 Å². The van der Waals surface area contributed by atoms with Crippen molar-refractivity contribution in [2.75, 3.05) is 6.61 Å². The van der Waals surface area contributed by atoms with Crippen molar-refractivity contribution in [3.63, 3.8) is 0 Å². The van der Waals surface area contributed by atoms with Crippen molar-refractivity contribution in [3.8, 4) is 5.75 Å². The number of carboxylic acids is 1. The zero-order valence-electron chi connectivity index (χ0n) is 12.4. The minimum atomic E-state index is -0.957. The molecule has 0 radical (unpaired) electrons. The molecule has 5 heteroatoms. The van der Waals surface area contributed by atoms with Gasteiger partial charge in [0.05, 0.1) is 13.0 Å². The monoisotopic (exact) mass is 291 g/mol. The number of carbonyl (C=O) groups excluding carboxylic acids is 1. The van der Waals surface area contributed by atoms with Gasteiger partial charge in [0.25, 0.3) is 0 Å². The minimum Gasteiger partial charge on any atom is -0.493 e. The van der Waals surface area contributed by atoms with Crippen molar-refractivity contribution in [1.82, 2.24) is 5.32 Å². The summed E-state index contributed by atoms with van der Waals surface area (Å²) < 4.78 is 5.60. The van der Waals surface area contributed by atoms with Crippen molar-refractivity contribution < 1.29 is 19.4 Å². The van der Waals surface area contributed by atoms with Crippen LogP contribution in [0.15, 0.2) is 18.2 Å². The van der Waals surface area contributed by atoms with E-state index in [1.165, 1.54) is 0 Å². The van der Waals surface area contributed by atoms with Gasteiger partial charge in [0.1, 0.15) is 11.8 Å². The van der Waals surface area contributed by atoms with Gasteiger partial charge in [0.2, 0.25) is 5.91 Å². The highest BCUT2D eigenvalue weighted by Gasteiger charge is 2.37. The van der Waals surface area contributed by atoms with Gasteiger partial charge in [0.15, 0.2) is 0 Å². The fraction of sp³-hybridized carbons (Fsp3) is 0.500. The van der Waals surface area contributed by atoms with E-state index in [-0.39, 0.29) is 24.9 Å². The molecule has 2 N–H and O–H groups in total. The van der Waals surface area contributed by atoms with Crippen molar-refractivity contribution in [2.45, 2.75) is 39.2 Å². The summed E-state index contributed by atoms with van der Waals surface area (Å²) in [6.45, 7) is 4.17. The van der Waals surface area contributed by atoms with E-state index in [0.717, 1.165) is 29.7 Å². The first-order valence-electron chi connectivity index (χ1n) is 7.19. The van der Waals surface area contributed by atoms with Crippen LogP contribution in [0.3, 0.4) is 0 Å². The third-order valence-corrected chi connectivity index (χ3v) is 3.61. The molecule has 5 nitrogen and oxygen atoms in total. The molecule has 1 fully saturated rings. The molecule has 0 spiro atoms. The Morgan fingerprint density at radius 3 is 2.71 bits per heavy atom. The number of carboxylic acid groups (broad SMARTS) is 1. The van der Waals surface area contributed by atoms with Gasteiger partial charge in [-0.15, -0.1) is 0 Å². The summed E-state index contributed by atoms with van der Waals surface area (Å²) in [4.78, 5) is 22.8. The van der Waals surface area contributed by atoms with Crippen LogP contribution in [0.5, 0.6) is 5.75 Å². The third-order valence-electron chi connectivity index (χ3n) is 3.61. The van der Waals surface area contributed by atoms with Crippen LogP contribution in [-0.2, 0) is 9.59 Å². The van der Waals surface area contributed by atoms with Crippen LogP contribution in [0.25, 0.3) is 0 Å². The van der Waals surface area contributed by atoms with Gasteiger partial charge in [-0.3, -0.25) is 4.79 Å². The number of nitrogens with one attached hydrogen (secondary N) is 1. The van der Waals surface area contributed by atoms with Gasteiger partial charge < -0.3 is 15.2 Å². The van der Waals surface area contributed by atoms with E-state index in [1.54, 1.807) is 0 Å². The van der Waals surface area contributed by atoms with Crippen molar-refractivity contribution in [3.05, 3.63) is 29.3 Å². The molecule has 0 saturated heterocycles. The molecule has 1 unspecified atom stereocenters. The molecule has 0 bridgehead atoms. The lowest BCUT2D eigenvalue weighted by molar-refractivity contribution is -0.142. The topological polar surface area (TPSA) is 75.6 Å². The van der Waals surface area contributed by atoms with Crippen LogP contribution in [0.1, 0.15) is 30.4 Å². The molecular weight excluding hydrogens is 270 g/mol. The molecule has 1 aromatic rings. The number of hydrogen-bond acceptors (Lipinski definition) is 3. The maximum absolute atomic E-state index is 11.8. The fourth-order valence-electron chi connectivity index (χ4n) is 2.17. The van der Waals surface area contributed by atoms with E-state index >= 15 is 0 Å². The lowest BCUT2D eigenvalue weighted by atomic mass is 10.1. The second-order valence-corrected chi connectivity index (χ2v) is 5.59. The van der Waals surface area contributed by atoms with Crippen LogP contribution >= 0.6 is 0 Å². The van der Waals surface area contributed by atoms with Crippen LogP contribution in [0.4, 0.5) is 0 Å². The molecule has 2 rings (SSSR count). The van der Waals surface area contributed by atoms with Crippen molar-refractivity contribution in [1.29, 1.82) is 0 Å². The van der Waals surface area contributed by atoms with E-state index in [2.05, 4.69) is 5.32 Å². The van der Waals surface area contributed by atoms with Gasteiger partial charge in [0, 0.05) is 0 Å². The first-order valence-corrected chi connectivity index (χ1v) is 7.19. The highest BCUT2D eigenvalue weighted by molar-refractivity contribution is 5.84. The SMILES string of the molecule is Cc1ccc(C)c(OCCC(=O)NC(C(=O)O)C2CC2)c1. The molecule has 0 aliphatic heterocycles. The lowest BCUT2D eigenvalue weighted by Gasteiger charge is -2.14. The smallest absolute Gasteiger partial charge is 0.326 e. The van der Waals surface area contributed by atoms with Gasteiger partial charge in [-0.05, 0) is 49.8 Å². The summed E-state index contributed by atoms with van der Waals surface area (Å²) in [5.41, 5.74) is 2.11. The second-order valence-electron chi connectivity index (χ2n) is 5.59. The largest absolute Gasteiger partial charge is 0.493 e. The normalized spacial score (nSPS) is 15.3. The molecule has 1 saturated carbocycles. The first kappa shape index (κ1) is 15.4. The van der Waals surface area contributed by atoms with Crippen LogP contribution in [-0.4, -0.2) is 29.6 Å². The highest BCUT2D eigenvalue weighted by Crippen LogP contribution is 2.32. The number of aryl methyl sites for hydroxylation is 2. The lowest BCUT2D eigenvalue weighted by Crippen LogP contribution is -2.42. The van der Waals surface area contributed by atoms with Gasteiger partial charge in [-0.2, -0.15) is 0 Å². The van der Waals surface area contributed by atoms with E-state index < -0.39 is 12.0 Å².